The molecule has 0 radical (unpaired) electrons. The quantitative estimate of drug-likeness (QED) is 0.720. The van der Waals surface area contributed by atoms with Gasteiger partial charge in [0.05, 0.1) is 12.1 Å². The summed E-state index contributed by atoms with van der Waals surface area (Å²) >= 11 is 0. The van der Waals surface area contributed by atoms with Gasteiger partial charge in [-0.3, -0.25) is 14.4 Å². The second kappa shape index (κ2) is 6.78. The van der Waals surface area contributed by atoms with E-state index in [0.717, 1.165) is 12.8 Å². The molecule has 2 heterocycles. The van der Waals surface area contributed by atoms with Gasteiger partial charge in [0.2, 0.25) is 5.91 Å². The first-order valence-corrected chi connectivity index (χ1v) is 8.99. The van der Waals surface area contributed by atoms with E-state index in [1.807, 2.05) is 0 Å². The van der Waals surface area contributed by atoms with Crippen LogP contribution in [0.2, 0.25) is 0 Å². The minimum Gasteiger partial charge on any atom is -0.367 e. The number of rotatable bonds is 5. The topological polar surface area (TPSA) is 91.1 Å². The molecule has 26 heavy (non-hydrogen) atoms. The Morgan fingerprint density at radius 2 is 1.69 bits per heavy atom. The fourth-order valence-electron chi connectivity index (χ4n) is 3.54. The van der Waals surface area contributed by atoms with Gasteiger partial charge in [-0.15, -0.1) is 0 Å². The zero-order valence-corrected chi connectivity index (χ0v) is 14.3. The van der Waals surface area contributed by atoms with Gasteiger partial charge in [0.25, 0.3) is 5.91 Å². The summed E-state index contributed by atoms with van der Waals surface area (Å²) in [5.41, 5.74) is 1.65. The summed E-state index contributed by atoms with van der Waals surface area (Å²) in [5, 5.41) is 6.08. The Bertz CT molecular complexity index is 822. The Hall–Kier alpha value is -2.89. The Labute approximate surface area is 151 Å². The molecule has 0 spiro atoms. The van der Waals surface area contributed by atoms with Crippen molar-refractivity contribution in [3.8, 4) is 0 Å². The zero-order valence-electron chi connectivity index (χ0n) is 14.3. The van der Waals surface area contributed by atoms with Crippen LogP contribution in [0.3, 0.4) is 0 Å². The van der Waals surface area contributed by atoms with E-state index in [1.54, 1.807) is 42.7 Å². The average Bonchev–Trinajstić information content (AvgIpc) is 3.36. The van der Waals surface area contributed by atoms with Crippen LogP contribution >= 0.6 is 0 Å². The molecule has 2 aromatic rings. The van der Waals surface area contributed by atoms with E-state index in [4.69, 9.17) is 0 Å². The van der Waals surface area contributed by atoms with Gasteiger partial charge < -0.3 is 15.6 Å². The largest absolute Gasteiger partial charge is 0.367 e. The zero-order chi connectivity index (χ0) is 18.1. The summed E-state index contributed by atoms with van der Waals surface area (Å²) in [6, 6.07) is 8.41. The molecule has 1 aromatic carbocycles. The van der Waals surface area contributed by atoms with Crippen LogP contribution in [-0.2, 0) is 4.79 Å². The molecule has 6 heteroatoms. The number of piperidine rings is 1. The summed E-state index contributed by atoms with van der Waals surface area (Å²) in [6.07, 6.45) is 6.67. The smallest absolute Gasteiger partial charge is 0.251 e. The van der Waals surface area contributed by atoms with Crippen LogP contribution in [0.15, 0.2) is 42.7 Å². The Kier molecular flexibility index (Phi) is 4.32. The third-order valence-electron chi connectivity index (χ3n) is 5.16. The highest BCUT2D eigenvalue weighted by Gasteiger charge is 2.40. The monoisotopic (exact) mass is 351 g/mol. The van der Waals surface area contributed by atoms with Crippen molar-refractivity contribution < 1.29 is 14.4 Å². The molecule has 1 aliphatic heterocycles. The molecule has 1 aliphatic carbocycles. The molecule has 6 nitrogen and oxygen atoms in total. The summed E-state index contributed by atoms with van der Waals surface area (Å²) in [4.78, 5) is 39.4. The van der Waals surface area contributed by atoms with Crippen molar-refractivity contribution >= 4 is 17.6 Å². The first-order chi connectivity index (χ1) is 12.6. The lowest BCUT2D eigenvalue weighted by atomic mass is 9.94. The number of amides is 2. The van der Waals surface area contributed by atoms with E-state index in [0.29, 0.717) is 35.4 Å². The number of aromatic nitrogens is 1. The average molecular weight is 351 g/mol. The van der Waals surface area contributed by atoms with E-state index >= 15 is 0 Å². The standard InChI is InChI=1S/C20H21N3O3/c24-17-8-7-16(18(23-17)12-1-2-12)22-20(26)14-5-3-13(4-6-14)19(25)15-9-10-21-11-15/h3-6,9-12,16,18,21H,1-2,7-8H2,(H,22,26)(H,23,24)/t16-,18+/m1/s1. The van der Waals surface area contributed by atoms with Crippen LogP contribution < -0.4 is 10.6 Å². The lowest BCUT2D eigenvalue weighted by molar-refractivity contribution is -0.124. The van der Waals surface area contributed by atoms with Crippen LogP contribution in [0.4, 0.5) is 0 Å². The van der Waals surface area contributed by atoms with Crippen molar-refractivity contribution in [2.24, 2.45) is 5.92 Å². The molecule has 1 aromatic heterocycles. The van der Waals surface area contributed by atoms with E-state index in [2.05, 4.69) is 15.6 Å². The molecule has 2 amide bonds. The van der Waals surface area contributed by atoms with Crippen molar-refractivity contribution in [2.75, 3.05) is 0 Å². The van der Waals surface area contributed by atoms with Crippen molar-refractivity contribution in [3.05, 3.63) is 59.4 Å². The molecule has 3 N–H and O–H groups in total. The fourth-order valence-corrected chi connectivity index (χ4v) is 3.54. The van der Waals surface area contributed by atoms with Crippen molar-refractivity contribution in [1.82, 2.24) is 15.6 Å². The van der Waals surface area contributed by atoms with Gasteiger partial charge in [-0.25, -0.2) is 0 Å². The third kappa shape index (κ3) is 3.40. The van der Waals surface area contributed by atoms with Crippen molar-refractivity contribution in [2.45, 2.75) is 37.8 Å². The van der Waals surface area contributed by atoms with Crippen LogP contribution in [0.25, 0.3) is 0 Å². The SMILES string of the molecule is O=C1CC[C@@H](NC(=O)c2ccc(C(=O)c3cc[nH]c3)cc2)[C@H](C2CC2)N1. The number of carbonyl (C=O) groups excluding carboxylic acids is 3. The number of hydrogen-bond acceptors (Lipinski definition) is 3. The number of aromatic amines is 1. The molecule has 2 atom stereocenters. The van der Waals surface area contributed by atoms with Gasteiger partial charge in [-0.05, 0) is 43.4 Å². The maximum atomic E-state index is 12.6. The summed E-state index contributed by atoms with van der Waals surface area (Å²) in [5.74, 6) is 0.297. The molecular weight excluding hydrogens is 330 g/mol. The lowest BCUT2D eigenvalue weighted by Gasteiger charge is -2.33. The highest BCUT2D eigenvalue weighted by molar-refractivity contribution is 6.09. The van der Waals surface area contributed by atoms with Gasteiger partial charge >= 0.3 is 0 Å². The third-order valence-corrected chi connectivity index (χ3v) is 5.16. The first kappa shape index (κ1) is 16.6. The fraction of sp³-hybridized carbons (Fsp3) is 0.350. The minimum absolute atomic E-state index is 0.0335. The maximum Gasteiger partial charge on any atom is 0.251 e. The molecule has 1 saturated heterocycles. The number of ketones is 1. The van der Waals surface area contributed by atoms with Crippen LogP contribution in [0.5, 0.6) is 0 Å². The molecule has 2 fully saturated rings. The molecule has 134 valence electrons. The number of nitrogens with one attached hydrogen (secondary N) is 3. The molecule has 4 rings (SSSR count). The van der Waals surface area contributed by atoms with Crippen LogP contribution in [-0.4, -0.2) is 34.7 Å². The molecule has 0 unspecified atom stereocenters. The number of H-pyrrole nitrogens is 1. The lowest BCUT2D eigenvalue weighted by Crippen LogP contribution is -2.56. The number of hydrogen-bond donors (Lipinski definition) is 3. The van der Waals surface area contributed by atoms with Crippen molar-refractivity contribution in [3.63, 3.8) is 0 Å². The summed E-state index contributed by atoms with van der Waals surface area (Å²) in [7, 11) is 0. The maximum absolute atomic E-state index is 12.6. The van der Waals surface area contributed by atoms with Gasteiger partial charge in [-0.2, -0.15) is 0 Å². The predicted molar refractivity (Wildman–Crippen MR) is 95.8 cm³/mol. The van der Waals surface area contributed by atoms with E-state index in [-0.39, 0.29) is 29.7 Å². The Morgan fingerprint density at radius 1 is 0.962 bits per heavy atom. The van der Waals surface area contributed by atoms with Gasteiger partial charge in [0.15, 0.2) is 5.78 Å². The Morgan fingerprint density at radius 3 is 2.35 bits per heavy atom. The Balaban J connectivity index is 1.43. The predicted octanol–water partition coefficient (Wildman–Crippen LogP) is 2.03. The van der Waals surface area contributed by atoms with E-state index in [9.17, 15) is 14.4 Å². The highest BCUT2D eigenvalue weighted by Crippen LogP contribution is 2.36. The first-order valence-electron chi connectivity index (χ1n) is 8.99. The van der Waals surface area contributed by atoms with Crippen molar-refractivity contribution in [1.29, 1.82) is 0 Å². The van der Waals surface area contributed by atoms with Gasteiger partial charge in [-0.1, -0.05) is 12.1 Å². The van der Waals surface area contributed by atoms with Crippen LogP contribution in [0, 0.1) is 5.92 Å². The normalized spacial score (nSPS) is 22.5. The second-order valence-corrected chi connectivity index (χ2v) is 7.06. The molecule has 2 aliphatic rings. The minimum atomic E-state index is -0.169. The molecular formula is C20H21N3O3. The summed E-state index contributed by atoms with van der Waals surface area (Å²) < 4.78 is 0. The molecule has 1 saturated carbocycles. The second-order valence-electron chi connectivity index (χ2n) is 7.06. The van der Waals surface area contributed by atoms with E-state index in [1.165, 1.54) is 0 Å². The van der Waals surface area contributed by atoms with Gasteiger partial charge in [0.1, 0.15) is 0 Å². The summed E-state index contributed by atoms with van der Waals surface area (Å²) in [6.45, 7) is 0. The highest BCUT2D eigenvalue weighted by atomic mass is 16.2. The molecule has 0 bridgehead atoms. The number of carbonyl (C=O) groups is 3. The van der Waals surface area contributed by atoms with Crippen LogP contribution in [0.1, 0.15) is 52.0 Å². The van der Waals surface area contributed by atoms with E-state index < -0.39 is 0 Å². The van der Waals surface area contributed by atoms with Gasteiger partial charge in [0, 0.05) is 35.5 Å². The number of benzene rings is 1.